The topological polar surface area (TPSA) is 24.9 Å². The summed E-state index contributed by atoms with van der Waals surface area (Å²) in [7, 11) is 0. The molecule has 0 aliphatic carbocycles. The van der Waals surface area contributed by atoms with Crippen molar-refractivity contribution in [2.45, 2.75) is 39.2 Å². The van der Waals surface area contributed by atoms with Gasteiger partial charge in [-0.15, -0.1) is 0 Å². The molecule has 3 heteroatoms. The summed E-state index contributed by atoms with van der Waals surface area (Å²) in [6, 6.07) is 32.0. The second kappa shape index (κ2) is 10.7. The van der Waals surface area contributed by atoms with Gasteiger partial charge in [0.05, 0.1) is 17.4 Å². The minimum absolute atomic E-state index is 0.135. The van der Waals surface area contributed by atoms with Gasteiger partial charge in [0.15, 0.2) is 0 Å². The summed E-state index contributed by atoms with van der Waals surface area (Å²) in [6.45, 7) is 4.38. The highest BCUT2D eigenvalue weighted by Gasteiger charge is 2.21. The van der Waals surface area contributed by atoms with Crippen LogP contribution >= 0.6 is 0 Å². The number of allylic oxidation sites excluding steroid dienone is 2. The van der Waals surface area contributed by atoms with Crippen molar-refractivity contribution in [2.75, 3.05) is 0 Å². The molecule has 0 aliphatic heterocycles. The number of rotatable bonds is 8. The van der Waals surface area contributed by atoms with Crippen molar-refractivity contribution in [2.24, 2.45) is 0 Å². The van der Waals surface area contributed by atoms with E-state index in [-0.39, 0.29) is 11.9 Å². The zero-order chi connectivity index (χ0) is 24.9. The van der Waals surface area contributed by atoms with E-state index >= 15 is 0 Å². The monoisotopic (exact) mass is 474 g/mol. The van der Waals surface area contributed by atoms with Crippen LogP contribution in [0.5, 0.6) is 0 Å². The van der Waals surface area contributed by atoms with Gasteiger partial charge >= 0.3 is 0 Å². The first-order chi connectivity index (χ1) is 17.7. The zero-order valence-corrected chi connectivity index (χ0v) is 20.8. The van der Waals surface area contributed by atoms with Crippen LogP contribution in [0.25, 0.3) is 32.8 Å². The molecule has 1 unspecified atom stereocenters. The summed E-state index contributed by atoms with van der Waals surface area (Å²) in [6.07, 6.45) is 5.29. The van der Waals surface area contributed by atoms with Crippen LogP contribution in [0, 0.1) is 5.82 Å². The Morgan fingerprint density at radius 1 is 0.833 bits per heavy atom. The number of benzene rings is 4. The fourth-order valence-corrected chi connectivity index (χ4v) is 4.96. The standard InChI is InChI=1S/C33H31FN2/c1-3-10-26(11-4-2)35-33(32-17-9-16-31(36-32)23-18-20-25(34)21-19-23)30-22-24-12-5-6-13-27(24)28-14-7-8-15-29(28)30/h5-10,12-22,33,35H,3-4,11H2,1-2H3/b26-10-. The van der Waals surface area contributed by atoms with Crippen LogP contribution in [0.3, 0.4) is 0 Å². The van der Waals surface area contributed by atoms with Crippen LogP contribution in [0.1, 0.15) is 50.4 Å². The first-order valence-corrected chi connectivity index (χ1v) is 12.8. The van der Waals surface area contributed by atoms with Gasteiger partial charge in [0.1, 0.15) is 5.82 Å². The molecule has 180 valence electrons. The average molecular weight is 475 g/mol. The predicted octanol–water partition coefficient (Wildman–Crippen LogP) is 8.97. The summed E-state index contributed by atoms with van der Waals surface area (Å²) in [5, 5.41) is 8.79. The molecule has 0 saturated heterocycles. The van der Waals surface area contributed by atoms with Crippen LogP contribution in [0.15, 0.2) is 109 Å². The normalized spacial score (nSPS) is 12.7. The first-order valence-electron chi connectivity index (χ1n) is 12.8. The number of aromatic nitrogens is 1. The van der Waals surface area contributed by atoms with Crippen LogP contribution in [0.4, 0.5) is 4.39 Å². The molecule has 1 heterocycles. The Hall–Kier alpha value is -3.98. The maximum absolute atomic E-state index is 13.6. The van der Waals surface area contributed by atoms with Crippen molar-refractivity contribution in [3.8, 4) is 11.3 Å². The van der Waals surface area contributed by atoms with Crippen LogP contribution in [-0.4, -0.2) is 4.98 Å². The zero-order valence-electron chi connectivity index (χ0n) is 20.8. The molecule has 0 fully saturated rings. The lowest BCUT2D eigenvalue weighted by molar-refractivity contribution is 0.628. The van der Waals surface area contributed by atoms with E-state index in [0.717, 1.165) is 36.2 Å². The Labute approximate surface area is 212 Å². The summed E-state index contributed by atoms with van der Waals surface area (Å²) >= 11 is 0. The van der Waals surface area contributed by atoms with Crippen LogP contribution in [-0.2, 0) is 0 Å². The van der Waals surface area contributed by atoms with E-state index in [1.807, 2.05) is 12.1 Å². The Morgan fingerprint density at radius 2 is 1.56 bits per heavy atom. The molecule has 4 aromatic carbocycles. The van der Waals surface area contributed by atoms with E-state index in [2.05, 4.69) is 85.9 Å². The Balaban J connectivity index is 1.71. The summed E-state index contributed by atoms with van der Waals surface area (Å²) in [4.78, 5) is 5.10. The van der Waals surface area contributed by atoms with Gasteiger partial charge in [-0.1, -0.05) is 80.9 Å². The Bertz CT molecular complexity index is 1520. The van der Waals surface area contributed by atoms with Crippen molar-refractivity contribution < 1.29 is 4.39 Å². The number of nitrogens with zero attached hydrogens (tertiary/aromatic N) is 1. The second-order valence-electron chi connectivity index (χ2n) is 9.15. The van der Waals surface area contributed by atoms with Gasteiger partial charge in [0.25, 0.3) is 0 Å². The maximum atomic E-state index is 13.6. The van der Waals surface area contributed by atoms with Gasteiger partial charge in [0, 0.05) is 11.3 Å². The molecule has 0 radical (unpaired) electrons. The molecule has 0 amide bonds. The van der Waals surface area contributed by atoms with E-state index in [1.165, 1.54) is 44.9 Å². The molecule has 1 N–H and O–H groups in total. The lowest BCUT2D eigenvalue weighted by Gasteiger charge is -2.25. The van der Waals surface area contributed by atoms with Gasteiger partial charge in [0.2, 0.25) is 0 Å². The lowest BCUT2D eigenvalue weighted by Crippen LogP contribution is -2.23. The van der Waals surface area contributed by atoms with Crippen LogP contribution in [0.2, 0.25) is 0 Å². The van der Waals surface area contributed by atoms with Gasteiger partial charge in [-0.25, -0.2) is 4.39 Å². The molecule has 1 atom stereocenters. The molecule has 5 aromatic rings. The van der Waals surface area contributed by atoms with Crippen molar-refractivity contribution in [3.63, 3.8) is 0 Å². The molecule has 0 saturated carbocycles. The first kappa shape index (κ1) is 23.7. The summed E-state index contributed by atoms with van der Waals surface area (Å²) in [5.74, 6) is -0.244. The molecule has 0 bridgehead atoms. The fraction of sp³-hybridized carbons (Fsp3) is 0.182. The average Bonchev–Trinajstić information content (AvgIpc) is 2.92. The third-order valence-electron chi connectivity index (χ3n) is 6.62. The molecular formula is C33H31FN2. The molecule has 0 aliphatic rings. The molecule has 0 spiro atoms. The smallest absolute Gasteiger partial charge is 0.123 e. The highest BCUT2D eigenvalue weighted by atomic mass is 19.1. The van der Waals surface area contributed by atoms with E-state index in [9.17, 15) is 4.39 Å². The van der Waals surface area contributed by atoms with Gasteiger partial charge in [-0.05, 0) is 82.4 Å². The minimum atomic E-state index is -0.244. The van der Waals surface area contributed by atoms with Gasteiger partial charge < -0.3 is 5.32 Å². The summed E-state index contributed by atoms with van der Waals surface area (Å²) < 4.78 is 13.6. The number of halogens is 1. The van der Waals surface area contributed by atoms with Crippen molar-refractivity contribution in [1.29, 1.82) is 0 Å². The molecular weight excluding hydrogens is 443 g/mol. The van der Waals surface area contributed by atoms with E-state index in [4.69, 9.17) is 4.98 Å². The molecule has 2 nitrogen and oxygen atoms in total. The number of fused-ring (bicyclic) bond motifs is 3. The highest BCUT2D eigenvalue weighted by Crippen LogP contribution is 2.35. The highest BCUT2D eigenvalue weighted by molar-refractivity contribution is 6.09. The third kappa shape index (κ3) is 4.87. The predicted molar refractivity (Wildman–Crippen MR) is 149 cm³/mol. The number of nitrogens with one attached hydrogen (secondary N) is 1. The summed E-state index contributed by atoms with van der Waals surface area (Å²) in [5.41, 5.74) is 5.11. The maximum Gasteiger partial charge on any atom is 0.123 e. The largest absolute Gasteiger partial charge is 0.376 e. The van der Waals surface area contributed by atoms with E-state index < -0.39 is 0 Å². The lowest BCUT2D eigenvalue weighted by atomic mass is 9.91. The second-order valence-corrected chi connectivity index (χ2v) is 9.15. The third-order valence-corrected chi connectivity index (χ3v) is 6.62. The molecule has 1 aromatic heterocycles. The van der Waals surface area contributed by atoms with Gasteiger partial charge in [-0.3, -0.25) is 4.98 Å². The fourth-order valence-electron chi connectivity index (χ4n) is 4.96. The Kier molecular flexibility index (Phi) is 7.08. The number of pyridine rings is 1. The number of hydrogen-bond donors (Lipinski definition) is 1. The minimum Gasteiger partial charge on any atom is -0.376 e. The number of hydrogen-bond acceptors (Lipinski definition) is 2. The Morgan fingerprint density at radius 3 is 2.31 bits per heavy atom. The molecule has 5 rings (SSSR count). The SMILES string of the molecule is CC/C=C(/CCC)NC(c1cccc(-c2ccc(F)cc2)n1)c1cc2ccccc2c2ccccc12. The van der Waals surface area contributed by atoms with Crippen molar-refractivity contribution >= 4 is 21.5 Å². The quantitative estimate of drug-likeness (QED) is 0.227. The van der Waals surface area contributed by atoms with Gasteiger partial charge in [-0.2, -0.15) is 0 Å². The van der Waals surface area contributed by atoms with Crippen LogP contribution < -0.4 is 5.32 Å². The molecule has 36 heavy (non-hydrogen) atoms. The van der Waals surface area contributed by atoms with Crippen molar-refractivity contribution in [1.82, 2.24) is 10.3 Å². The van der Waals surface area contributed by atoms with E-state index in [1.54, 1.807) is 12.1 Å². The van der Waals surface area contributed by atoms with Crippen molar-refractivity contribution in [3.05, 3.63) is 126 Å². The van der Waals surface area contributed by atoms with E-state index in [0.29, 0.717) is 0 Å².